The van der Waals surface area contributed by atoms with Gasteiger partial charge >= 0.3 is 0 Å². The van der Waals surface area contributed by atoms with E-state index in [1.807, 2.05) is 43.3 Å². The molecule has 0 aliphatic carbocycles. The van der Waals surface area contributed by atoms with Crippen molar-refractivity contribution in [3.05, 3.63) is 65.0 Å². The highest BCUT2D eigenvalue weighted by atomic mass is 35.5. The maximum Gasteiger partial charge on any atom is 0.241 e. The number of hydrogen-bond donors (Lipinski definition) is 0. The van der Waals surface area contributed by atoms with Gasteiger partial charge in [-0.15, -0.1) is 0 Å². The number of para-hydroxylation sites is 1. The van der Waals surface area contributed by atoms with Gasteiger partial charge < -0.3 is 9.26 Å². The highest BCUT2D eigenvalue weighted by Crippen LogP contribution is 2.27. The Hall–Kier alpha value is -2.41. The van der Waals surface area contributed by atoms with Crippen molar-refractivity contribution in [2.45, 2.75) is 20.0 Å². The van der Waals surface area contributed by atoms with Gasteiger partial charge in [0.2, 0.25) is 11.7 Å². The summed E-state index contributed by atoms with van der Waals surface area (Å²) in [7, 11) is 0. The highest BCUT2D eigenvalue weighted by Gasteiger charge is 2.20. The topological polar surface area (TPSA) is 54.6 Å². The molecule has 29 heavy (non-hydrogen) atoms. The van der Waals surface area contributed by atoms with Crippen molar-refractivity contribution < 1.29 is 9.26 Å². The molecule has 1 aliphatic rings. The fourth-order valence-corrected chi connectivity index (χ4v) is 3.63. The van der Waals surface area contributed by atoms with Gasteiger partial charge in [-0.2, -0.15) is 4.98 Å². The van der Waals surface area contributed by atoms with Crippen molar-refractivity contribution in [1.29, 1.82) is 0 Å². The third-order valence-corrected chi connectivity index (χ3v) is 5.29. The van der Waals surface area contributed by atoms with Crippen LogP contribution in [-0.2, 0) is 13.1 Å². The summed E-state index contributed by atoms with van der Waals surface area (Å²) in [4.78, 5) is 9.39. The molecule has 0 atom stereocenters. The number of benzene rings is 2. The van der Waals surface area contributed by atoms with Crippen molar-refractivity contribution >= 4 is 11.6 Å². The van der Waals surface area contributed by atoms with Crippen LogP contribution in [0.3, 0.4) is 0 Å². The molecule has 0 bridgehead atoms. The van der Waals surface area contributed by atoms with E-state index in [4.69, 9.17) is 20.9 Å². The molecular weight excluding hydrogens is 388 g/mol. The minimum absolute atomic E-state index is 0.574. The summed E-state index contributed by atoms with van der Waals surface area (Å²) < 4.78 is 11.2. The van der Waals surface area contributed by atoms with E-state index in [9.17, 15) is 0 Å². The Kier molecular flexibility index (Phi) is 6.44. The minimum Gasteiger partial charge on any atom is -0.493 e. The molecule has 0 unspecified atom stereocenters. The minimum atomic E-state index is 0.574. The van der Waals surface area contributed by atoms with E-state index in [2.05, 4.69) is 32.1 Å². The summed E-state index contributed by atoms with van der Waals surface area (Å²) in [6, 6.07) is 15.9. The standard InChI is InChI=1S/C22H25ClN4O2/c1-2-28-20-6-4-3-5-19(20)22-24-21(29-25-22)16-27-13-11-26(12-14-27)15-17-7-9-18(23)10-8-17/h3-10H,2,11-16H2,1H3. The first-order valence-corrected chi connectivity index (χ1v) is 10.3. The maximum absolute atomic E-state index is 5.97. The Morgan fingerprint density at radius 2 is 1.66 bits per heavy atom. The Morgan fingerprint density at radius 3 is 2.38 bits per heavy atom. The second kappa shape index (κ2) is 9.39. The van der Waals surface area contributed by atoms with Crippen LogP contribution in [0.1, 0.15) is 18.4 Å². The van der Waals surface area contributed by atoms with Crippen molar-refractivity contribution in [3.63, 3.8) is 0 Å². The molecule has 2 heterocycles. The first-order chi connectivity index (χ1) is 14.2. The SMILES string of the molecule is CCOc1ccccc1-c1noc(CN2CCN(Cc3ccc(Cl)cc3)CC2)n1. The van der Waals surface area contributed by atoms with Gasteiger partial charge in [0.05, 0.1) is 18.7 Å². The van der Waals surface area contributed by atoms with Crippen molar-refractivity contribution in [3.8, 4) is 17.1 Å². The van der Waals surface area contributed by atoms with E-state index in [0.717, 1.165) is 49.1 Å². The predicted octanol–water partition coefficient (Wildman–Crippen LogP) is 4.11. The molecule has 0 spiro atoms. The Morgan fingerprint density at radius 1 is 0.966 bits per heavy atom. The summed E-state index contributed by atoms with van der Waals surface area (Å²) >= 11 is 5.97. The van der Waals surface area contributed by atoms with Crippen molar-refractivity contribution in [1.82, 2.24) is 19.9 Å². The lowest BCUT2D eigenvalue weighted by atomic mass is 10.2. The normalized spacial score (nSPS) is 15.5. The number of hydrogen-bond acceptors (Lipinski definition) is 6. The van der Waals surface area contributed by atoms with Crippen LogP contribution < -0.4 is 4.74 Å². The first kappa shape index (κ1) is 19.9. The summed E-state index contributed by atoms with van der Waals surface area (Å²) in [6.45, 7) is 8.14. The molecule has 4 rings (SSSR count). The fraction of sp³-hybridized carbons (Fsp3) is 0.364. The Balaban J connectivity index is 1.32. The fourth-order valence-electron chi connectivity index (χ4n) is 3.51. The quantitative estimate of drug-likeness (QED) is 0.582. The second-order valence-electron chi connectivity index (χ2n) is 7.12. The lowest BCUT2D eigenvalue weighted by Gasteiger charge is -2.33. The zero-order valence-electron chi connectivity index (χ0n) is 16.6. The lowest BCUT2D eigenvalue weighted by Crippen LogP contribution is -2.45. The zero-order valence-corrected chi connectivity index (χ0v) is 17.3. The molecule has 0 N–H and O–H groups in total. The van der Waals surface area contributed by atoms with Gasteiger partial charge in [0, 0.05) is 37.7 Å². The highest BCUT2D eigenvalue weighted by molar-refractivity contribution is 6.30. The molecular formula is C22H25ClN4O2. The van der Waals surface area contributed by atoms with Crippen LogP contribution in [0.25, 0.3) is 11.4 Å². The van der Waals surface area contributed by atoms with Gasteiger partial charge in [-0.3, -0.25) is 9.80 Å². The maximum atomic E-state index is 5.97. The summed E-state index contributed by atoms with van der Waals surface area (Å²) in [5.74, 6) is 1.99. The molecule has 0 amide bonds. The van der Waals surface area contributed by atoms with E-state index >= 15 is 0 Å². The molecule has 0 radical (unpaired) electrons. The molecule has 6 nitrogen and oxygen atoms in total. The second-order valence-corrected chi connectivity index (χ2v) is 7.56. The number of piperazine rings is 1. The third kappa shape index (κ3) is 5.15. The zero-order chi connectivity index (χ0) is 20.1. The largest absolute Gasteiger partial charge is 0.493 e. The lowest BCUT2D eigenvalue weighted by molar-refractivity contribution is 0.112. The van der Waals surface area contributed by atoms with Gasteiger partial charge in [0.15, 0.2) is 0 Å². The average Bonchev–Trinajstić information content (AvgIpc) is 3.20. The van der Waals surface area contributed by atoms with Gasteiger partial charge in [-0.05, 0) is 36.8 Å². The molecule has 1 aromatic heterocycles. The molecule has 3 aromatic rings. The number of aromatic nitrogens is 2. The number of halogens is 1. The van der Waals surface area contributed by atoms with E-state index < -0.39 is 0 Å². The van der Waals surface area contributed by atoms with Crippen LogP contribution in [0.15, 0.2) is 53.1 Å². The van der Waals surface area contributed by atoms with Crippen molar-refractivity contribution in [2.75, 3.05) is 32.8 Å². The Bertz CT molecular complexity index is 921. The van der Waals surface area contributed by atoms with E-state index in [1.165, 1.54) is 5.56 Å². The molecule has 1 saturated heterocycles. The van der Waals surface area contributed by atoms with Crippen LogP contribution in [0, 0.1) is 0 Å². The van der Waals surface area contributed by atoms with E-state index in [1.54, 1.807) is 0 Å². The summed E-state index contributed by atoms with van der Waals surface area (Å²) in [6.07, 6.45) is 0. The van der Waals surface area contributed by atoms with Crippen molar-refractivity contribution in [2.24, 2.45) is 0 Å². The van der Waals surface area contributed by atoms with E-state index in [-0.39, 0.29) is 0 Å². The monoisotopic (exact) mass is 412 g/mol. The van der Waals surface area contributed by atoms with Gasteiger partial charge in [-0.1, -0.05) is 41.0 Å². The number of nitrogens with zero attached hydrogens (tertiary/aromatic N) is 4. The molecule has 152 valence electrons. The molecule has 1 fully saturated rings. The molecule has 0 saturated carbocycles. The molecule has 2 aromatic carbocycles. The van der Waals surface area contributed by atoms with Crippen LogP contribution in [0.5, 0.6) is 5.75 Å². The third-order valence-electron chi connectivity index (χ3n) is 5.04. The van der Waals surface area contributed by atoms with Crippen LogP contribution in [0.2, 0.25) is 5.02 Å². The van der Waals surface area contributed by atoms with Crippen LogP contribution >= 0.6 is 11.6 Å². The van der Waals surface area contributed by atoms with Gasteiger partial charge in [0.25, 0.3) is 0 Å². The summed E-state index contributed by atoms with van der Waals surface area (Å²) in [5.41, 5.74) is 2.15. The first-order valence-electron chi connectivity index (χ1n) is 9.95. The summed E-state index contributed by atoms with van der Waals surface area (Å²) in [5, 5.41) is 4.94. The van der Waals surface area contributed by atoms with Gasteiger partial charge in [-0.25, -0.2) is 0 Å². The Labute approximate surface area is 176 Å². The number of rotatable bonds is 7. The van der Waals surface area contributed by atoms with Gasteiger partial charge in [0.1, 0.15) is 5.75 Å². The predicted molar refractivity (Wildman–Crippen MR) is 113 cm³/mol. The van der Waals surface area contributed by atoms with Crippen LogP contribution in [0.4, 0.5) is 0 Å². The van der Waals surface area contributed by atoms with E-state index in [0.29, 0.717) is 24.9 Å². The average molecular weight is 413 g/mol. The number of ether oxygens (including phenoxy) is 1. The molecule has 7 heteroatoms. The molecule has 1 aliphatic heterocycles. The smallest absolute Gasteiger partial charge is 0.241 e. The van der Waals surface area contributed by atoms with Crippen LogP contribution in [-0.4, -0.2) is 52.7 Å².